The summed E-state index contributed by atoms with van der Waals surface area (Å²) >= 11 is 0. The van der Waals surface area contributed by atoms with Gasteiger partial charge < -0.3 is 4.74 Å². The van der Waals surface area contributed by atoms with E-state index in [0.717, 1.165) is 84.1 Å². The fourth-order valence-corrected chi connectivity index (χ4v) is 9.85. The lowest BCUT2D eigenvalue weighted by molar-refractivity contribution is -0.571. The van der Waals surface area contributed by atoms with Gasteiger partial charge in [0, 0.05) is 28.6 Å². The molecule has 0 N–H and O–H groups in total. The molecular weight excluding hydrogens is 865 g/mol. The normalized spacial score (nSPS) is 13.1. The van der Waals surface area contributed by atoms with Crippen molar-refractivity contribution < 1.29 is 16.2 Å². The van der Waals surface area contributed by atoms with Crippen LogP contribution in [0.4, 0.5) is 0 Å². The van der Waals surface area contributed by atoms with Gasteiger partial charge in [-0.2, -0.15) is 0 Å². The van der Waals surface area contributed by atoms with Crippen LogP contribution in [0.1, 0.15) is 78.9 Å². The molecule has 71 heavy (non-hydrogen) atoms. The summed E-state index contributed by atoms with van der Waals surface area (Å²) in [4.78, 5) is 5.14. The van der Waals surface area contributed by atoms with Gasteiger partial charge in [-0.25, -0.2) is 4.98 Å². The summed E-state index contributed by atoms with van der Waals surface area (Å²) in [6.45, 7) is 17.8. The summed E-state index contributed by atoms with van der Waals surface area (Å²) in [5, 5.41) is 2.22. The van der Waals surface area contributed by atoms with Gasteiger partial charge in [0.2, 0.25) is 0 Å². The highest BCUT2D eigenvalue weighted by atomic mass is 16.5. The highest BCUT2D eigenvalue weighted by Crippen LogP contribution is 2.40. The van der Waals surface area contributed by atoms with Gasteiger partial charge in [-0.05, 0) is 110 Å². The van der Waals surface area contributed by atoms with Gasteiger partial charge in [0.15, 0.2) is 0 Å². The number of nitrogens with zero attached hydrogens (tertiary/aromatic N) is 4. The van der Waals surface area contributed by atoms with Crippen molar-refractivity contribution in [2.45, 2.75) is 72.6 Å². The summed E-state index contributed by atoms with van der Waals surface area (Å²) in [6.07, 6.45) is 6.64. The molecule has 3 aromatic heterocycles. The smallest absolute Gasteiger partial charge is 0.269 e. The number of hydrogen-bond donors (Lipinski definition) is 0. The van der Waals surface area contributed by atoms with E-state index >= 15 is 0 Å². The second-order valence-corrected chi connectivity index (χ2v) is 21.1. The lowest BCUT2D eigenvalue weighted by Gasteiger charge is -2.27. The number of para-hydroxylation sites is 4. The molecule has 0 bridgehead atoms. The third-order valence-electron chi connectivity index (χ3n) is 13.4. The zero-order valence-electron chi connectivity index (χ0n) is 46.6. The number of hydrogen-bond acceptors (Lipinski definition) is 2. The second-order valence-electron chi connectivity index (χ2n) is 21.1. The van der Waals surface area contributed by atoms with Crippen molar-refractivity contribution in [1.29, 1.82) is 0 Å². The predicted molar refractivity (Wildman–Crippen MR) is 295 cm³/mol. The zero-order valence-corrected chi connectivity index (χ0v) is 41.6. The molecule has 5 heteroatoms. The standard InChI is InChI=1S/C66H60N4O/c1-44(2)35-47-38-63(67-42-58(47)46-23-13-10-14-24-46)70-59-30-16-15-27-56(59)57-34-33-53(41-62(57)70)71-52-26-19-25-51(40-52)68-43-69(61-32-18-17-31-60(61)68)64-54(45-21-11-9-12-22-45)28-20-29-55(64)48-36-49(65(3,4)5)39-50(37-48)66(6,7)8/h9-34,36-42,44H,35H2,1-8H3/i9D,11D,12D,21D,22D. The van der Waals surface area contributed by atoms with Crippen molar-refractivity contribution in [2.24, 2.45) is 5.92 Å². The molecule has 0 amide bonds. The van der Waals surface area contributed by atoms with Crippen molar-refractivity contribution in [3.05, 3.63) is 223 Å². The van der Waals surface area contributed by atoms with Crippen LogP contribution in [0.3, 0.4) is 0 Å². The Balaban J connectivity index is 1.06. The number of benzene rings is 8. The molecule has 0 fully saturated rings. The summed E-state index contributed by atoms with van der Waals surface area (Å²) in [5.41, 5.74) is 13.0. The average Bonchev–Trinajstić information content (AvgIpc) is 3.97. The fourth-order valence-electron chi connectivity index (χ4n) is 9.85. The maximum absolute atomic E-state index is 9.24. The highest BCUT2D eigenvalue weighted by Gasteiger charge is 2.25. The van der Waals surface area contributed by atoms with Crippen LogP contribution in [0.15, 0.2) is 200 Å². The summed E-state index contributed by atoms with van der Waals surface area (Å²) < 4.78 is 57.5. The number of pyridine rings is 1. The first-order valence-corrected chi connectivity index (χ1v) is 24.5. The Morgan fingerprint density at radius 2 is 1.23 bits per heavy atom. The third-order valence-corrected chi connectivity index (χ3v) is 13.4. The van der Waals surface area contributed by atoms with E-state index in [2.05, 4.69) is 157 Å². The van der Waals surface area contributed by atoms with Crippen molar-refractivity contribution in [3.63, 3.8) is 0 Å². The van der Waals surface area contributed by atoms with Gasteiger partial charge in [0.1, 0.15) is 17.3 Å². The molecule has 0 saturated carbocycles. The van der Waals surface area contributed by atoms with Gasteiger partial charge in [0.05, 0.1) is 40.3 Å². The summed E-state index contributed by atoms with van der Waals surface area (Å²) in [6, 6.07) is 54.2. The van der Waals surface area contributed by atoms with Crippen molar-refractivity contribution in [1.82, 2.24) is 14.1 Å². The summed E-state index contributed by atoms with van der Waals surface area (Å²) in [7, 11) is 0. The molecule has 11 aromatic rings. The molecule has 0 aliphatic rings. The van der Waals surface area contributed by atoms with Gasteiger partial charge >= 0.3 is 0 Å². The Labute approximate surface area is 425 Å². The number of ether oxygens (including phenoxy) is 1. The molecule has 0 unspecified atom stereocenters. The SMILES string of the molecule is [2H]c1c([2H])c([2H])c(-c2cccc(-c3cc(C(C)(C)C)cc(C(C)(C)C)c3)c2-[n+]2[c-]n(-c3cccc(Oc4ccc5c6ccccc6n(-c6cc(CC(C)C)c(-c7ccccc7)cn6)c5c4)c3)c3ccccc32)c([2H])c1[2H]. The number of imidazole rings is 1. The maximum atomic E-state index is 9.24. The average molecular weight is 930 g/mol. The number of fused-ring (bicyclic) bond motifs is 4. The quantitative estimate of drug-likeness (QED) is 0.101. The van der Waals surface area contributed by atoms with Crippen molar-refractivity contribution in [3.8, 4) is 62.1 Å². The molecule has 0 atom stereocenters. The Morgan fingerprint density at radius 1 is 0.577 bits per heavy atom. The van der Waals surface area contributed by atoms with Crippen molar-refractivity contribution in [2.75, 3.05) is 0 Å². The minimum atomic E-state index is -0.439. The topological polar surface area (TPSA) is 35.9 Å². The van der Waals surface area contributed by atoms with Gasteiger partial charge in [-0.1, -0.05) is 201 Å². The van der Waals surface area contributed by atoms with Crippen LogP contribution in [0.2, 0.25) is 0 Å². The molecule has 0 aliphatic heterocycles. The minimum absolute atomic E-state index is 0.117. The van der Waals surface area contributed by atoms with E-state index in [9.17, 15) is 2.74 Å². The van der Waals surface area contributed by atoms with Crippen LogP contribution in [0.5, 0.6) is 11.5 Å². The Morgan fingerprint density at radius 3 is 1.96 bits per heavy atom. The van der Waals surface area contributed by atoms with E-state index in [1.165, 1.54) is 5.56 Å². The molecule has 8 aromatic carbocycles. The Hall–Kier alpha value is -8.02. The minimum Gasteiger partial charge on any atom is -0.458 e. The molecule has 3 heterocycles. The fraction of sp³-hybridized carbons (Fsp3) is 0.182. The second kappa shape index (κ2) is 18.1. The van der Waals surface area contributed by atoms with Crippen LogP contribution in [-0.2, 0) is 17.3 Å². The van der Waals surface area contributed by atoms with E-state index in [1.54, 1.807) is 0 Å². The Kier molecular flexibility index (Phi) is 10.1. The molecule has 0 radical (unpaired) electrons. The van der Waals surface area contributed by atoms with E-state index in [-0.39, 0.29) is 28.5 Å². The molecule has 5 nitrogen and oxygen atoms in total. The molecular formula is C66H60N4O. The zero-order chi connectivity index (χ0) is 53.4. The lowest BCUT2D eigenvalue weighted by Crippen LogP contribution is -2.31. The molecule has 11 rings (SSSR count). The molecule has 0 saturated heterocycles. The highest BCUT2D eigenvalue weighted by molar-refractivity contribution is 6.09. The first kappa shape index (κ1) is 39.8. The van der Waals surface area contributed by atoms with E-state index in [4.69, 9.17) is 13.8 Å². The largest absolute Gasteiger partial charge is 0.458 e. The third kappa shape index (κ3) is 8.71. The van der Waals surface area contributed by atoms with E-state index < -0.39 is 18.1 Å². The number of rotatable bonds is 10. The van der Waals surface area contributed by atoms with Crippen LogP contribution >= 0.6 is 0 Å². The van der Waals surface area contributed by atoms with E-state index in [0.29, 0.717) is 28.7 Å². The predicted octanol–water partition coefficient (Wildman–Crippen LogP) is 16.8. The molecule has 0 spiro atoms. The first-order valence-electron chi connectivity index (χ1n) is 27.0. The number of aromatic nitrogens is 4. The monoisotopic (exact) mass is 930 g/mol. The van der Waals surface area contributed by atoms with Crippen LogP contribution in [0, 0.1) is 12.2 Å². The van der Waals surface area contributed by atoms with Crippen molar-refractivity contribution >= 4 is 32.8 Å². The van der Waals surface area contributed by atoms with Crippen LogP contribution in [-0.4, -0.2) is 14.1 Å². The van der Waals surface area contributed by atoms with Gasteiger partial charge in [-0.3, -0.25) is 13.7 Å². The summed E-state index contributed by atoms with van der Waals surface area (Å²) in [5.74, 6) is 2.58. The first-order chi connectivity index (χ1) is 36.3. The van der Waals surface area contributed by atoms with Crippen LogP contribution < -0.4 is 9.30 Å². The molecule has 350 valence electrons. The van der Waals surface area contributed by atoms with Crippen LogP contribution in [0.25, 0.3) is 83.4 Å². The molecule has 0 aliphatic carbocycles. The maximum Gasteiger partial charge on any atom is 0.269 e. The van der Waals surface area contributed by atoms with E-state index in [1.807, 2.05) is 88.1 Å². The Bertz CT molecular complexity index is 4000. The lowest BCUT2D eigenvalue weighted by atomic mass is 9.78. The van der Waals surface area contributed by atoms with Gasteiger partial charge in [0.25, 0.3) is 6.33 Å². The van der Waals surface area contributed by atoms with Gasteiger partial charge in [-0.15, -0.1) is 0 Å².